The van der Waals surface area contributed by atoms with Crippen LogP contribution in [0.3, 0.4) is 0 Å². The van der Waals surface area contributed by atoms with Crippen LogP contribution in [-0.2, 0) is 4.79 Å². The number of carbonyl (C=O) groups is 2. The minimum Gasteiger partial charge on any atom is -0.347 e. The summed E-state index contributed by atoms with van der Waals surface area (Å²) >= 11 is 5.98. The smallest absolute Gasteiger partial charge is 0.294 e. The van der Waals surface area contributed by atoms with Crippen molar-refractivity contribution in [2.45, 2.75) is 32.7 Å². The third kappa shape index (κ3) is 3.65. The van der Waals surface area contributed by atoms with E-state index >= 15 is 0 Å². The minimum atomic E-state index is -0.579. The Balaban J connectivity index is 2.05. The van der Waals surface area contributed by atoms with Crippen LogP contribution in [0, 0.1) is 0 Å². The number of carbonyl (C=O) groups excluding carboxylic acids is 2. The number of Topliss-reactive ketones (excluding diaryl/α,β-unsaturated/α-hetero) is 1. The number of pyridine rings is 1. The van der Waals surface area contributed by atoms with E-state index in [4.69, 9.17) is 11.6 Å². The van der Waals surface area contributed by atoms with Crippen LogP contribution in [0.2, 0.25) is 5.02 Å². The molecule has 134 valence electrons. The van der Waals surface area contributed by atoms with Gasteiger partial charge in [0.05, 0.1) is 0 Å². The monoisotopic (exact) mass is 368 g/mol. The highest BCUT2D eigenvalue weighted by Crippen LogP contribution is 2.29. The lowest BCUT2D eigenvalue weighted by molar-refractivity contribution is -0.117. The minimum absolute atomic E-state index is 0.0401. The lowest BCUT2D eigenvalue weighted by Crippen LogP contribution is -2.38. The van der Waals surface area contributed by atoms with Crippen molar-refractivity contribution in [3.63, 3.8) is 0 Å². The molecule has 3 aromatic rings. The molecule has 0 saturated carbocycles. The second-order valence-corrected chi connectivity index (χ2v) is 6.84. The maximum Gasteiger partial charge on any atom is 0.294 e. The summed E-state index contributed by atoms with van der Waals surface area (Å²) in [5.74, 6) is -1.12. The van der Waals surface area contributed by atoms with Gasteiger partial charge in [0.15, 0.2) is 0 Å². The molecule has 0 aliphatic rings. The van der Waals surface area contributed by atoms with Crippen molar-refractivity contribution in [1.29, 1.82) is 0 Å². The van der Waals surface area contributed by atoms with Gasteiger partial charge in [-0.25, -0.2) is 0 Å². The SMILES string of the molecule is CCC[C@@H](C)NC(=O)C(=O)c1c(-c2ccc(Cl)cc2)cc2ccccn12. The first-order chi connectivity index (χ1) is 12.5. The molecule has 0 saturated heterocycles. The van der Waals surface area contributed by atoms with E-state index in [1.165, 1.54) is 0 Å². The quantitative estimate of drug-likeness (QED) is 0.504. The topological polar surface area (TPSA) is 50.6 Å². The van der Waals surface area contributed by atoms with Crippen molar-refractivity contribution in [2.24, 2.45) is 0 Å². The van der Waals surface area contributed by atoms with Gasteiger partial charge in [-0.15, -0.1) is 0 Å². The van der Waals surface area contributed by atoms with Crippen LogP contribution < -0.4 is 5.32 Å². The molecule has 4 nitrogen and oxygen atoms in total. The number of fused-ring (bicyclic) bond motifs is 1. The predicted octanol–water partition coefficient (Wildman–Crippen LogP) is 4.75. The lowest BCUT2D eigenvalue weighted by Gasteiger charge is -2.13. The zero-order valence-corrected chi connectivity index (χ0v) is 15.6. The molecule has 3 rings (SSSR count). The Labute approximate surface area is 157 Å². The van der Waals surface area contributed by atoms with Crippen molar-refractivity contribution >= 4 is 28.8 Å². The summed E-state index contributed by atoms with van der Waals surface area (Å²) in [5.41, 5.74) is 2.78. The molecule has 1 atom stereocenters. The number of halogens is 1. The second-order valence-electron chi connectivity index (χ2n) is 6.40. The maximum absolute atomic E-state index is 13.0. The number of hydrogen-bond acceptors (Lipinski definition) is 2. The molecule has 2 aromatic heterocycles. The zero-order valence-electron chi connectivity index (χ0n) is 14.8. The van der Waals surface area contributed by atoms with Gasteiger partial charge in [0.2, 0.25) is 0 Å². The Bertz CT molecular complexity index is 944. The summed E-state index contributed by atoms with van der Waals surface area (Å²) in [4.78, 5) is 25.5. The molecule has 5 heteroatoms. The fourth-order valence-electron chi connectivity index (χ4n) is 3.11. The normalized spacial score (nSPS) is 12.1. The van der Waals surface area contributed by atoms with Crippen molar-refractivity contribution in [3.05, 3.63) is 65.4 Å². The Morgan fingerprint density at radius 1 is 1.15 bits per heavy atom. The molecule has 0 aliphatic heterocycles. The number of hydrogen-bond donors (Lipinski definition) is 1. The van der Waals surface area contributed by atoms with Crippen molar-refractivity contribution in [3.8, 4) is 11.1 Å². The van der Waals surface area contributed by atoms with E-state index in [0.29, 0.717) is 10.7 Å². The lowest BCUT2D eigenvalue weighted by atomic mass is 10.0. The van der Waals surface area contributed by atoms with Crippen LogP contribution in [0.5, 0.6) is 0 Å². The average molecular weight is 369 g/mol. The molecule has 2 heterocycles. The highest BCUT2D eigenvalue weighted by Gasteiger charge is 2.25. The fourth-order valence-corrected chi connectivity index (χ4v) is 3.23. The van der Waals surface area contributed by atoms with E-state index in [2.05, 4.69) is 5.32 Å². The van der Waals surface area contributed by atoms with Gasteiger partial charge in [-0.05, 0) is 49.2 Å². The summed E-state index contributed by atoms with van der Waals surface area (Å²) in [6.07, 6.45) is 3.57. The molecule has 1 aromatic carbocycles. The molecule has 0 unspecified atom stereocenters. The molecule has 0 spiro atoms. The van der Waals surface area contributed by atoms with Gasteiger partial charge in [0, 0.05) is 28.3 Å². The Hall–Kier alpha value is -2.59. The summed E-state index contributed by atoms with van der Waals surface area (Å²) in [5, 5.41) is 3.42. The van der Waals surface area contributed by atoms with Crippen molar-refractivity contribution in [1.82, 2.24) is 9.72 Å². The highest BCUT2D eigenvalue weighted by molar-refractivity contribution is 6.43. The highest BCUT2D eigenvalue weighted by atomic mass is 35.5. The average Bonchev–Trinajstić information content (AvgIpc) is 3.01. The third-order valence-corrected chi connectivity index (χ3v) is 4.61. The maximum atomic E-state index is 13.0. The van der Waals surface area contributed by atoms with E-state index in [0.717, 1.165) is 29.5 Å². The predicted molar refractivity (Wildman–Crippen MR) is 105 cm³/mol. The Morgan fingerprint density at radius 3 is 2.58 bits per heavy atom. The van der Waals surface area contributed by atoms with E-state index in [1.54, 1.807) is 22.7 Å². The van der Waals surface area contributed by atoms with Gasteiger partial charge in [-0.1, -0.05) is 43.1 Å². The molecular weight excluding hydrogens is 348 g/mol. The third-order valence-electron chi connectivity index (χ3n) is 4.36. The summed E-state index contributed by atoms with van der Waals surface area (Å²) < 4.78 is 1.76. The first kappa shape index (κ1) is 18.2. The van der Waals surface area contributed by atoms with Gasteiger partial charge in [0.25, 0.3) is 11.7 Å². The van der Waals surface area contributed by atoms with Crippen molar-refractivity contribution < 1.29 is 9.59 Å². The molecule has 26 heavy (non-hydrogen) atoms. The number of rotatable bonds is 6. The first-order valence-corrected chi connectivity index (χ1v) is 9.10. The number of amides is 1. The van der Waals surface area contributed by atoms with Crippen LogP contribution >= 0.6 is 11.6 Å². The summed E-state index contributed by atoms with van der Waals surface area (Å²) in [7, 11) is 0. The number of ketones is 1. The van der Waals surface area contributed by atoms with Gasteiger partial charge < -0.3 is 9.72 Å². The van der Waals surface area contributed by atoms with Crippen LogP contribution in [0.1, 0.15) is 37.2 Å². The number of benzene rings is 1. The fraction of sp³-hybridized carbons (Fsp3) is 0.238. The summed E-state index contributed by atoms with van der Waals surface area (Å²) in [6.45, 7) is 3.95. The van der Waals surface area contributed by atoms with Crippen LogP contribution in [-0.4, -0.2) is 22.1 Å². The number of nitrogens with zero attached hydrogens (tertiary/aromatic N) is 1. The van der Waals surface area contributed by atoms with Gasteiger partial charge in [-0.3, -0.25) is 9.59 Å². The van der Waals surface area contributed by atoms with Gasteiger partial charge in [-0.2, -0.15) is 0 Å². The second kappa shape index (κ2) is 7.75. The van der Waals surface area contributed by atoms with Gasteiger partial charge >= 0.3 is 0 Å². The largest absolute Gasteiger partial charge is 0.347 e. The first-order valence-electron chi connectivity index (χ1n) is 8.72. The molecule has 1 N–H and O–H groups in total. The standard InChI is InChI=1S/C21H21ClN2O2/c1-3-6-14(2)23-21(26)20(25)19-18(15-8-10-16(22)11-9-15)13-17-7-4-5-12-24(17)19/h4-5,7-14H,3,6H2,1-2H3,(H,23,26)/t14-/m1/s1. The molecule has 0 fully saturated rings. The van der Waals surface area contributed by atoms with Crippen LogP contribution in [0.15, 0.2) is 54.7 Å². The zero-order chi connectivity index (χ0) is 18.7. The van der Waals surface area contributed by atoms with Crippen molar-refractivity contribution in [2.75, 3.05) is 0 Å². The Morgan fingerprint density at radius 2 is 1.88 bits per heavy atom. The van der Waals surface area contributed by atoms with E-state index in [-0.39, 0.29) is 6.04 Å². The van der Waals surface area contributed by atoms with Crippen LogP contribution in [0.25, 0.3) is 16.6 Å². The van der Waals surface area contributed by atoms with Crippen LogP contribution in [0.4, 0.5) is 0 Å². The summed E-state index contributed by atoms with van der Waals surface area (Å²) in [6, 6.07) is 14.8. The number of aromatic nitrogens is 1. The number of nitrogens with one attached hydrogen (secondary N) is 1. The van der Waals surface area contributed by atoms with Gasteiger partial charge in [0.1, 0.15) is 5.69 Å². The molecule has 0 radical (unpaired) electrons. The molecular formula is C21H21ClN2O2. The molecule has 1 amide bonds. The Kier molecular flexibility index (Phi) is 5.43. The molecule has 0 aliphatic carbocycles. The molecule has 0 bridgehead atoms. The van der Waals surface area contributed by atoms with E-state index in [9.17, 15) is 9.59 Å². The van der Waals surface area contributed by atoms with E-state index in [1.807, 2.05) is 50.2 Å². The van der Waals surface area contributed by atoms with E-state index < -0.39 is 11.7 Å².